The molecule has 80 valence electrons. The van der Waals surface area contributed by atoms with Crippen molar-refractivity contribution in [2.45, 2.75) is 32.3 Å². The number of carbonyl (C=O) groups is 2. The number of ether oxygens (including phenoxy) is 2. The Kier molecular flexibility index (Phi) is 6.45. The minimum absolute atomic E-state index is 0.0307. The lowest BCUT2D eigenvalue weighted by molar-refractivity contribution is -0.141. The van der Waals surface area contributed by atoms with Crippen molar-refractivity contribution >= 4 is 11.9 Å². The minimum atomic E-state index is -0.394. The third kappa shape index (κ3) is 5.35. The Morgan fingerprint density at radius 2 is 2.43 bits per heavy atom. The van der Waals surface area contributed by atoms with Gasteiger partial charge in [-0.2, -0.15) is 0 Å². The van der Waals surface area contributed by atoms with Crippen molar-refractivity contribution in [1.82, 2.24) is 0 Å². The molecule has 0 spiro atoms. The second-order valence-electron chi connectivity index (χ2n) is 2.79. The van der Waals surface area contributed by atoms with Crippen LogP contribution in [0, 0.1) is 0 Å². The smallest absolute Gasteiger partial charge is 0.329 e. The summed E-state index contributed by atoms with van der Waals surface area (Å²) in [6, 6.07) is 0. The Hall–Kier alpha value is -1.32. The average molecular weight is 200 g/mol. The van der Waals surface area contributed by atoms with Gasteiger partial charge in [0.1, 0.15) is 6.10 Å². The van der Waals surface area contributed by atoms with E-state index >= 15 is 0 Å². The summed E-state index contributed by atoms with van der Waals surface area (Å²) < 4.78 is 9.01. The number of esters is 2. The predicted octanol–water partition coefficient (Wildman–Crippen LogP) is 1.45. The topological polar surface area (TPSA) is 52.6 Å². The van der Waals surface area contributed by atoms with E-state index in [1.165, 1.54) is 7.11 Å². The van der Waals surface area contributed by atoms with E-state index in [0.717, 1.165) is 18.9 Å². The maximum Gasteiger partial charge on any atom is 0.329 e. The molecule has 1 atom stereocenters. The maximum absolute atomic E-state index is 10.4. The van der Waals surface area contributed by atoms with Gasteiger partial charge in [0.15, 0.2) is 0 Å². The maximum atomic E-state index is 10.4. The average Bonchev–Trinajstić information content (AvgIpc) is 2.64. The van der Waals surface area contributed by atoms with Gasteiger partial charge >= 0.3 is 11.9 Å². The second-order valence-corrected chi connectivity index (χ2v) is 2.79. The third-order valence-corrected chi connectivity index (χ3v) is 1.79. The molecule has 1 heterocycles. The molecular formula is C10H16O4. The van der Waals surface area contributed by atoms with Gasteiger partial charge in [0, 0.05) is 12.5 Å². The Morgan fingerprint density at radius 1 is 1.79 bits per heavy atom. The molecule has 14 heavy (non-hydrogen) atoms. The van der Waals surface area contributed by atoms with Gasteiger partial charge in [-0.05, 0) is 12.8 Å². The molecule has 0 amide bonds. The van der Waals surface area contributed by atoms with Crippen LogP contribution < -0.4 is 0 Å². The number of cyclic esters (lactones) is 1. The summed E-state index contributed by atoms with van der Waals surface area (Å²) in [6.45, 7) is 5.19. The number of hydrogen-bond donors (Lipinski definition) is 0. The van der Waals surface area contributed by atoms with E-state index in [1.807, 2.05) is 6.92 Å². The third-order valence-electron chi connectivity index (χ3n) is 1.79. The van der Waals surface area contributed by atoms with Crippen LogP contribution in [0.1, 0.15) is 26.2 Å². The molecule has 4 nitrogen and oxygen atoms in total. The first kappa shape index (κ1) is 12.7. The van der Waals surface area contributed by atoms with E-state index < -0.39 is 5.97 Å². The quantitative estimate of drug-likeness (QED) is 0.500. The van der Waals surface area contributed by atoms with Crippen LogP contribution in [0.2, 0.25) is 0 Å². The summed E-state index contributed by atoms with van der Waals surface area (Å²) in [5.41, 5.74) is 0. The first-order chi connectivity index (χ1) is 6.63. The lowest BCUT2D eigenvalue weighted by Crippen LogP contribution is -2.03. The Labute approximate surface area is 83.9 Å². The lowest BCUT2D eigenvalue weighted by Gasteiger charge is -2.01. The standard InChI is InChI=1S/C6H10O2.C4H6O2/c1-2-5-3-4-6(7)8-5;1-3-4(5)6-2/h5H,2-4H2,1H3;3H,1H2,2H3. The van der Waals surface area contributed by atoms with E-state index in [9.17, 15) is 9.59 Å². The van der Waals surface area contributed by atoms with Crippen LogP contribution in [-0.2, 0) is 19.1 Å². The van der Waals surface area contributed by atoms with Crippen molar-refractivity contribution in [1.29, 1.82) is 0 Å². The molecule has 4 heteroatoms. The van der Waals surface area contributed by atoms with Gasteiger partial charge in [-0.1, -0.05) is 13.5 Å². The van der Waals surface area contributed by atoms with E-state index in [1.54, 1.807) is 0 Å². The molecule has 0 saturated carbocycles. The molecular weight excluding hydrogens is 184 g/mol. The number of carbonyl (C=O) groups excluding carboxylic acids is 2. The molecule has 1 saturated heterocycles. The Morgan fingerprint density at radius 3 is 2.57 bits per heavy atom. The van der Waals surface area contributed by atoms with Gasteiger partial charge in [0.25, 0.3) is 0 Å². The van der Waals surface area contributed by atoms with Crippen LogP contribution in [-0.4, -0.2) is 25.2 Å². The van der Waals surface area contributed by atoms with Gasteiger partial charge in [-0.15, -0.1) is 0 Å². The molecule has 1 rings (SSSR count). The van der Waals surface area contributed by atoms with Crippen molar-refractivity contribution in [3.63, 3.8) is 0 Å². The van der Waals surface area contributed by atoms with E-state index in [2.05, 4.69) is 11.3 Å². The summed E-state index contributed by atoms with van der Waals surface area (Å²) in [4.78, 5) is 20.2. The summed E-state index contributed by atoms with van der Waals surface area (Å²) >= 11 is 0. The van der Waals surface area contributed by atoms with Crippen molar-refractivity contribution in [3.05, 3.63) is 12.7 Å². The van der Waals surface area contributed by atoms with E-state index in [0.29, 0.717) is 6.42 Å². The fraction of sp³-hybridized carbons (Fsp3) is 0.600. The molecule has 1 unspecified atom stereocenters. The van der Waals surface area contributed by atoms with Crippen LogP contribution in [0.5, 0.6) is 0 Å². The molecule has 0 aromatic carbocycles. The summed E-state index contributed by atoms with van der Waals surface area (Å²) in [7, 11) is 1.31. The molecule has 1 aliphatic rings. The molecule has 0 bridgehead atoms. The molecule has 0 N–H and O–H groups in total. The molecule has 0 aliphatic carbocycles. The molecule has 1 aliphatic heterocycles. The molecule has 0 radical (unpaired) electrons. The zero-order valence-corrected chi connectivity index (χ0v) is 8.62. The zero-order valence-electron chi connectivity index (χ0n) is 8.62. The van der Waals surface area contributed by atoms with Crippen molar-refractivity contribution < 1.29 is 19.1 Å². The minimum Gasteiger partial charge on any atom is -0.466 e. The van der Waals surface area contributed by atoms with Gasteiger partial charge < -0.3 is 9.47 Å². The zero-order chi connectivity index (χ0) is 11.0. The first-order valence-electron chi connectivity index (χ1n) is 4.53. The fourth-order valence-electron chi connectivity index (χ4n) is 0.953. The first-order valence-corrected chi connectivity index (χ1v) is 4.53. The van der Waals surface area contributed by atoms with Crippen molar-refractivity contribution in [3.8, 4) is 0 Å². The fourth-order valence-corrected chi connectivity index (χ4v) is 0.953. The summed E-state index contributed by atoms with van der Waals surface area (Å²) in [5.74, 6) is -0.424. The van der Waals surface area contributed by atoms with Gasteiger partial charge in [0.2, 0.25) is 0 Å². The van der Waals surface area contributed by atoms with Gasteiger partial charge in [-0.3, -0.25) is 4.79 Å². The highest BCUT2D eigenvalue weighted by atomic mass is 16.5. The van der Waals surface area contributed by atoms with Crippen LogP contribution in [0.3, 0.4) is 0 Å². The number of hydrogen-bond acceptors (Lipinski definition) is 4. The van der Waals surface area contributed by atoms with E-state index in [4.69, 9.17) is 4.74 Å². The highest BCUT2D eigenvalue weighted by molar-refractivity contribution is 5.80. The second kappa shape index (κ2) is 7.12. The highest BCUT2D eigenvalue weighted by Crippen LogP contribution is 2.15. The van der Waals surface area contributed by atoms with Crippen LogP contribution in [0.25, 0.3) is 0 Å². The van der Waals surface area contributed by atoms with E-state index in [-0.39, 0.29) is 12.1 Å². The van der Waals surface area contributed by atoms with Gasteiger partial charge in [0.05, 0.1) is 7.11 Å². The largest absolute Gasteiger partial charge is 0.466 e. The highest BCUT2D eigenvalue weighted by Gasteiger charge is 2.20. The van der Waals surface area contributed by atoms with Crippen LogP contribution in [0.4, 0.5) is 0 Å². The molecule has 0 aromatic heterocycles. The van der Waals surface area contributed by atoms with Crippen LogP contribution >= 0.6 is 0 Å². The Bertz CT molecular complexity index is 210. The van der Waals surface area contributed by atoms with Gasteiger partial charge in [-0.25, -0.2) is 4.79 Å². The van der Waals surface area contributed by atoms with Crippen molar-refractivity contribution in [2.75, 3.05) is 7.11 Å². The normalized spacial score (nSPS) is 19.0. The van der Waals surface area contributed by atoms with Crippen LogP contribution in [0.15, 0.2) is 12.7 Å². The lowest BCUT2D eigenvalue weighted by atomic mass is 10.2. The number of methoxy groups -OCH3 is 1. The number of rotatable bonds is 2. The molecule has 1 fully saturated rings. The SMILES string of the molecule is C=CC(=O)OC.CCC1CCC(=O)O1. The summed E-state index contributed by atoms with van der Waals surface area (Å²) in [6.07, 6.45) is 3.85. The van der Waals surface area contributed by atoms with Crippen molar-refractivity contribution in [2.24, 2.45) is 0 Å². The molecule has 0 aromatic rings. The summed E-state index contributed by atoms with van der Waals surface area (Å²) in [5, 5.41) is 0. The Balaban J connectivity index is 0.000000255. The predicted molar refractivity (Wildman–Crippen MR) is 51.6 cm³/mol. The monoisotopic (exact) mass is 200 g/mol.